The Morgan fingerprint density at radius 2 is 1.40 bits per heavy atom. The molecule has 2 atom stereocenters. The molecule has 6 nitrogen and oxygen atoms in total. The summed E-state index contributed by atoms with van der Waals surface area (Å²) in [7, 11) is -2.78. The minimum Gasteiger partial charge on any atom is -0.467 e. The minimum atomic E-state index is -4.02. The molecule has 0 fully saturated rings. The van der Waals surface area contributed by atoms with E-state index in [4.69, 9.17) is 21.3 Å². The predicted molar refractivity (Wildman–Crippen MR) is 140 cm³/mol. The van der Waals surface area contributed by atoms with Gasteiger partial charge in [-0.2, -0.15) is 0 Å². The predicted octanol–water partition coefficient (Wildman–Crippen LogP) is 4.74. The molecule has 184 valence electrons. The molecule has 0 radical (unpaired) electrons. The van der Waals surface area contributed by atoms with Crippen LogP contribution in [-0.4, -0.2) is 44.2 Å². The van der Waals surface area contributed by atoms with E-state index >= 15 is 0 Å². The fraction of sp³-hybridized carbons (Fsp3) is 0.259. The number of benzene rings is 3. The Hall–Kier alpha value is -3.00. The molecule has 35 heavy (non-hydrogen) atoms. The summed E-state index contributed by atoms with van der Waals surface area (Å²) in [6, 6.07) is 22.7. The van der Waals surface area contributed by atoms with E-state index in [0.717, 1.165) is 16.7 Å². The van der Waals surface area contributed by atoms with E-state index in [-0.39, 0.29) is 4.90 Å². The summed E-state index contributed by atoms with van der Waals surface area (Å²) >= 11 is 6.69. The number of aryl methyl sites for hydroxylation is 1. The molecular weight excluding hydrogens is 484 g/mol. The average Bonchev–Trinajstić information content (AvgIpc) is 2.84. The first-order valence-electron chi connectivity index (χ1n) is 11.1. The van der Waals surface area contributed by atoms with E-state index in [1.54, 1.807) is 26.0 Å². The molecule has 0 aliphatic rings. The van der Waals surface area contributed by atoms with E-state index in [1.807, 2.05) is 67.6 Å². The lowest BCUT2D eigenvalue weighted by molar-refractivity contribution is -0.142. The molecule has 0 heterocycles. The Kier molecular flexibility index (Phi) is 8.48. The SMILES string of the molecule is COC(=O)[C@H](N=C(c1ccccc1)c1ccccc1)[C@H](NS(=O)(=O)c1ccc(C)cc1)C(C)(C)Cl. The van der Waals surface area contributed by atoms with Gasteiger partial charge in [0.25, 0.3) is 0 Å². The van der Waals surface area contributed by atoms with Gasteiger partial charge in [0, 0.05) is 11.1 Å². The Morgan fingerprint density at radius 1 is 0.914 bits per heavy atom. The fourth-order valence-corrected chi connectivity index (χ4v) is 5.19. The second-order valence-corrected chi connectivity index (χ2v) is 11.3. The van der Waals surface area contributed by atoms with Crippen molar-refractivity contribution in [2.45, 2.75) is 42.6 Å². The number of carbonyl (C=O) groups excluding carboxylic acids is 1. The van der Waals surface area contributed by atoms with E-state index in [0.29, 0.717) is 5.71 Å². The summed E-state index contributed by atoms with van der Waals surface area (Å²) in [6.45, 7) is 5.13. The zero-order valence-electron chi connectivity index (χ0n) is 20.1. The molecule has 3 aromatic carbocycles. The molecule has 0 saturated carbocycles. The Morgan fingerprint density at radius 3 is 1.83 bits per heavy atom. The topological polar surface area (TPSA) is 84.8 Å². The van der Waals surface area contributed by atoms with Crippen molar-refractivity contribution in [3.8, 4) is 0 Å². The highest BCUT2D eigenvalue weighted by Crippen LogP contribution is 2.27. The van der Waals surface area contributed by atoms with Crippen molar-refractivity contribution < 1.29 is 17.9 Å². The Balaban J connectivity index is 2.16. The van der Waals surface area contributed by atoms with Gasteiger partial charge >= 0.3 is 5.97 Å². The quantitative estimate of drug-likeness (QED) is 0.255. The summed E-state index contributed by atoms with van der Waals surface area (Å²) in [5.41, 5.74) is 2.97. The molecule has 0 saturated heterocycles. The summed E-state index contributed by atoms with van der Waals surface area (Å²) in [5.74, 6) is -0.709. The van der Waals surface area contributed by atoms with Crippen molar-refractivity contribution in [1.29, 1.82) is 0 Å². The van der Waals surface area contributed by atoms with Crippen molar-refractivity contribution >= 4 is 33.3 Å². The first-order chi connectivity index (χ1) is 16.5. The molecule has 3 rings (SSSR count). The number of nitrogens with one attached hydrogen (secondary N) is 1. The van der Waals surface area contributed by atoms with Gasteiger partial charge in [0.15, 0.2) is 6.04 Å². The van der Waals surface area contributed by atoms with Crippen molar-refractivity contribution in [1.82, 2.24) is 4.72 Å². The molecular formula is C27H29ClN2O4S. The van der Waals surface area contributed by atoms with E-state index in [1.165, 1.54) is 19.2 Å². The minimum absolute atomic E-state index is 0.0629. The van der Waals surface area contributed by atoms with Gasteiger partial charge in [-0.1, -0.05) is 78.4 Å². The van der Waals surface area contributed by atoms with Gasteiger partial charge in [0.1, 0.15) is 0 Å². The van der Waals surface area contributed by atoms with Crippen molar-refractivity contribution in [3.63, 3.8) is 0 Å². The van der Waals surface area contributed by atoms with Gasteiger partial charge in [0.2, 0.25) is 10.0 Å². The highest BCUT2D eigenvalue weighted by atomic mass is 35.5. The standard InChI is InChI=1S/C27H29ClN2O4S/c1-19-15-17-22(18-16-19)35(32,33)30-25(27(2,3)28)24(26(31)34-4)29-23(20-11-7-5-8-12-20)21-13-9-6-10-14-21/h5-18,24-25,30H,1-4H3/t24-,25+/m1/s1. The summed E-state index contributed by atoms with van der Waals surface area (Å²) in [6.07, 6.45) is 0. The van der Waals surface area contributed by atoms with Crippen LogP contribution >= 0.6 is 11.6 Å². The monoisotopic (exact) mass is 512 g/mol. The average molecular weight is 513 g/mol. The van der Waals surface area contributed by atoms with Crippen LogP contribution in [0.5, 0.6) is 0 Å². The third-order valence-electron chi connectivity index (χ3n) is 5.47. The number of carbonyl (C=O) groups is 1. The molecule has 0 spiro atoms. The van der Waals surface area contributed by atoms with Gasteiger partial charge < -0.3 is 4.74 Å². The van der Waals surface area contributed by atoms with Gasteiger partial charge in [-0.15, -0.1) is 11.6 Å². The normalized spacial score (nSPS) is 13.5. The fourth-order valence-electron chi connectivity index (χ4n) is 3.56. The second kappa shape index (κ2) is 11.2. The van der Waals surface area contributed by atoms with Gasteiger partial charge in [0.05, 0.1) is 28.6 Å². The maximum atomic E-state index is 13.3. The second-order valence-electron chi connectivity index (χ2n) is 8.65. The maximum absolute atomic E-state index is 13.3. The molecule has 0 aliphatic heterocycles. The number of hydrogen-bond acceptors (Lipinski definition) is 5. The number of ether oxygens (including phenoxy) is 1. The van der Waals surface area contributed by atoms with E-state index in [2.05, 4.69) is 4.72 Å². The summed E-state index contributed by atoms with van der Waals surface area (Å²) < 4.78 is 34.2. The third kappa shape index (κ3) is 6.78. The number of methoxy groups -OCH3 is 1. The molecule has 8 heteroatoms. The van der Waals surface area contributed by atoms with Crippen LogP contribution in [0.25, 0.3) is 0 Å². The zero-order chi connectivity index (χ0) is 25.6. The lowest BCUT2D eigenvalue weighted by atomic mass is 9.95. The van der Waals surface area contributed by atoms with Crippen molar-refractivity contribution in [3.05, 3.63) is 102 Å². The molecule has 0 aliphatic carbocycles. The van der Waals surface area contributed by atoms with Crippen LogP contribution in [0.3, 0.4) is 0 Å². The van der Waals surface area contributed by atoms with Crippen LogP contribution in [0, 0.1) is 6.92 Å². The Labute approximate surface area is 212 Å². The van der Waals surface area contributed by atoms with Crippen LogP contribution in [0.1, 0.15) is 30.5 Å². The number of aliphatic imine (C=N–C) groups is 1. The number of rotatable bonds is 9. The van der Waals surface area contributed by atoms with Crippen LogP contribution in [0.2, 0.25) is 0 Å². The zero-order valence-corrected chi connectivity index (χ0v) is 21.7. The molecule has 0 amide bonds. The maximum Gasteiger partial charge on any atom is 0.332 e. The molecule has 0 bridgehead atoms. The Bertz CT molecular complexity index is 1230. The number of sulfonamides is 1. The highest BCUT2D eigenvalue weighted by molar-refractivity contribution is 7.89. The molecule has 0 unspecified atom stereocenters. The molecule has 0 aromatic heterocycles. The van der Waals surface area contributed by atoms with Gasteiger partial charge in [-0.3, -0.25) is 4.99 Å². The number of hydrogen-bond donors (Lipinski definition) is 1. The van der Waals surface area contributed by atoms with E-state index < -0.39 is 33.0 Å². The van der Waals surface area contributed by atoms with Gasteiger partial charge in [-0.25, -0.2) is 17.9 Å². The summed E-state index contributed by atoms with van der Waals surface area (Å²) in [5, 5.41) is 0. The van der Waals surface area contributed by atoms with Crippen LogP contribution in [0.4, 0.5) is 0 Å². The first kappa shape index (κ1) is 26.6. The lowest BCUT2D eigenvalue weighted by Crippen LogP contribution is -2.55. The number of alkyl halides is 1. The lowest BCUT2D eigenvalue weighted by Gasteiger charge is -2.33. The first-order valence-corrected chi connectivity index (χ1v) is 12.9. The smallest absolute Gasteiger partial charge is 0.332 e. The van der Waals surface area contributed by atoms with Crippen LogP contribution < -0.4 is 4.72 Å². The van der Waals surface area contributed by atoms with Gasteiger partial charge in [-0.05, 0) is 32.9 Å². The van der Waals surface area contributed by atoms with Crippen molar-refractivity contribution in [2.75, 3.05) is 7.11 Å². The van der Waals surface area contributed by atoms with Crippen LogP contribution in [0.15, 0.2) is 94.8 Å². The molecule has 3 aromatic rings. The number of halogens is 1. The van der Waals surface area contributed by atoms with Crippen LogP contribution in [-0.2, 0) is 19.6 Å². The number of esters is 1. The van der Waals surface area contributed by atoms with E-state index in [9.17, 15) is 13.2 Å². The largest absolute Gasteiger partial charge is 0.467 e. The molecule has 1 N–H and O–H groups in total. The van der Waals surface area contributed by atoms with Crippen molar-refractivity contribution in [2.24, 2.45) is 4.99 Å². The summed E-state index contributed by atoms with van der Waals surface area (Å²) in [4.78, 5) is 16.7. The third-order valence-corrected chi connectivity index (χ3v) is 7.17. The number of nitrogens with zero attached hydrogens (tertiary/aromatic N) is 1. The highest BCUT2D eigenvalue weighted by Gasteiger charge is 2.42.